The average Bonchev–Trinajstić information content (AvgIpc) is 2.74. The number of benzene rings is 2. The van der Waals surface area contributed by atoms with Crippen molar-refractivity contribution >= 4 is 32.4 Å². The molecule has 2 aromatic carbocycles. The molecule has 0 atom stereocenters. The Hall–Kier alpha value is -2.64. The fraction of sp³-hybridized carbons (Fsp3) is 0.286. The minimum Gasteiger partial charge on any atom is -0.497 e. The molecule has 4 rings (SSSR count). The van der Waals surface area contributed by atoms with Crippen molar-refractivity contribution in [2.24, 2.45) is 0 Å². The minimum absolute atomic E-state index is 0.331. The van der Waals surface area contributed by atoms with Crippen LogP contribution in [-0.2, 0) is 10.0 Å². The molecule has 1 aliphatic heterocycles. The zero-order chi connectivity index (χ0) is 19.6. The van der Waals surface area contributed by atoms with Crippen LogP contribution in [0, 0.1) is 0 Å². The first-order valence-electron chi connectivity index (χ1n) is 9.38. The lowest BCUT2D eigenvalue weighted by molar-refractivity contribution is 0.346. The van der Waals surface area contributed by atoms with E-state index in [1.165, 1.54) is 0 Å². The molecule has 1 aliphatic rings. The highest BCUT2D eigenvalue weighted by Crippen LogP contribution is 2.26. The first-order chi connectivity index (χ1) is 13.6. The summed E-state index contributed by atoms with van der Waals surface area (Å²) in [6.45, 7) is 1.20. The van der Waals surface area contributed by atoms with Gasteiger partial charge in [0, 0.05) is 30.2 Å². The van der Waals surface area contributed by atoms with Crippen LogP contribution >= 0.6 is 0 Å². The second kappa shape index (κ2) is 7.77. The summed E-state index contributed by atoms with van der Waals surface area (Å²) in [5.74, 6) is 1.45. The van der Waals surface area contributed by atoms with Gasteiger partial charge < -0.3 is 10.1 Å². The van der Waals surface area contributed by atoms with Gasteiger partial charge >= 0.3 is 0 Å². The van der Waals surface area contributed by atoms with Gasteiger partial charge in [-0.25, -0.2) is 13.4 Å². The van der Waals surface area contributed by atoms with Crippen LogP contribution in [0.2, 0.25) is 0 Å². The van der Waals surface area contributed by atoms with Crippen LogP contribution in [0.5, 0.6) is 5.75 Å². The third-order valence-electron chi connectivity index (χ3n) is 4.96. The zero-order valence-corrected chi connectivity index (χ0v) is 16.6. The molecule has 1 fully saturated rings. The lowest BCUT2D eigenvalue weighted by Crippen LogP contribution is -2.35. The van der Waals surface area contributed by atoms with Gasteiger partial charge in [-0.05, 0) is 55.3 Å². The van der Waals surface area contributed by atoms with Crippen LogP contribution < -0.4 is 10.1 Å². The van der Waals surface area contributed by atoms with Crippen molar-refractivity contribution in [3.63, 3.8) is 0 Å². The van der Waals surface area contributed by atoms with Crippen molar-refractivity contribution in [2.75, 3.05) is 25.5 Å². The topological polar surface area (TPSA) is 71.5 Å². The second-order valence-electron chi connectivity index (χ2n) is 6.87. The largest absolute Gasteiger partial charge is 0.497 e. The molecule has 0 spiro atoms. The first kappa shape index (κ1) is 18.7. The summed E-state index contributed by atoms with van der Waals surface area (Å²) < 4.78 is 32.6. The summed E-state index contributed by atoms with van der Waals surface area (Å²) in [6, 6.07) is 16.5. The molecule has 6 nitrogen and oxygen atoms in total. The van der Waals surface area contributed by atoms with Gasteiger partial charge in [0.2, 0.25) is 10.0 Å². The molecule has 1 N–H and O–H groups in total. The third kappa shape index (κ3) is 3.81. The van der Waals surface area contributed by atoms with Gasteiger partial charge in [0.25, 0.3) is 0 Å². The van der Waals surface area contributed by atoms with E-state index in [4.69, 9.17) is 4.74 Å². The van der Waals surface area contributed by atoms with E-state index in [0.29, 0.717) is 23.8 Å². The van der Waals surface area contributed by atoms with Crippen molar-refractivity contribution in [2.45, 2.75) is 24.2 Å². The number of ether oxygens (including phenoxy) is 1. The lowest BCUT2D eigenvalue weighted by atomic mass is 10.2. The average molecular weight is 398 g/mol. The summed E-state index contributed by atoms with van der Waals surface area (Å²) in [7, 11) is -1.82. The molecular weight excluding hydrogens is 374 g/mol. The summed E-state index contributed by atoms with van der Waals surface area (Å²) in [5.41, 5.74) is 1.61. The van der Waals surface area contributed by atoms with E-state index >= 15 is 0 Å². The van der Waals surface area contributed by atoms with Crippen molar-refractivity contribution in [3.05, 3.63) is 54.6 Å². The maximum atomic E-state index is 12.9. The molecule has 0 aliphatic carbocycles. The van der Waals surface area contributed by atoms with E-state index < -0.39 is 10.0 Å². The number of methoxy groups -OCH3 is 1. The number of hydrogen-bond donors (Lipinski definition) is 1. The third-order valence-corrected chi connectivity index (χ3v) is 6.85. The molecule has 0 unspecified atom stereocenters. The maximum absolute atomic E-state index is 12.9. The number of rotatable bonds is 5. The monoisotopic (exact) mass is 397 g/mol. The van der Waals surface area contributed by atoms with Gasteiger partial charge in [0.1, 0.15) is 11.6 Å². The van der Waals surface area contributed by atoms with Crippen molar-refractivity contribution in [3.8, 4) is 5.75 Å². The molecule has 0 saturated carbocycles. The Labute approximate surface area is 165 Å². The van der Waals surface area contributed by atoms with E-state index in [2.05, 4.69) is 10.3 Å². The SMILES string of the molecule is COc1cccc(Nc2ccc3cc(S(=O)(=O)N4CCCCC4)ccc3n2)c1. The molecule has 3 aromatic rings. The van der Waals surface area contributed by atoms with Gasteiger partial charge in [0.15, 0.2) is 0 Å². The number of piperidine rings is 1. The number of anilines is 2. The van der Waals surface area contributed by atoms with E-state index in [1.54, 1.807) is 29.6 Å². The van der Waals surface area contributed by atoms with Gasteiger partial charge in [-0.1, -0.05) is 12.5 Å². The summed E-state index contributed by atoms with van der Waals surface area (Å²) in [6.07, 6.45) is 2.94. The predicted octanol–water partition coefficient (Wildman–Crippen LogP) is 4.16. The van der Waals surface area contributed by atoms with Crippen molar-refractivity contribution in [1.82, 2.24) is 9.29 Å². The highest BCUT2D eigenvalue weighted by atomic mass is 32.2. The molecule has 0 amide bonds. The summed E-state index contributed by atoms with van der Waals surface area (Å²) in [4.78, 5) is 4.93. The number of pyridine rings is 1. The first-order valence-corrected chi connectivity index (χ1v) is 10.8. The van der Waals surface area contributed by atoms with Crippen LogP contribution in [-0.4, -0.2) is 37.9 Å². The highest BCUT2D eigenvalue weighted by molar-refractivity contribution is 7.89. The Morgan fingerprint density at radius 2 is 1.82 bits per heavy atom. The van der Waals surface area contributed by atoms with Gasteiger partial charge in [-0.15, -0.1) is 0 Å². The zero-order valence-electron chi connectivity index (χ0n) is 15.8. The quantitative estimate of drug-likeness (QED) is 0.700. The van der Waals surface area contributed by atoms with E-state index in [9.17, 15) is 8.42 Å². The number of nitrogens with one attached hydrogen (secondary N) is 1. The highest BCUT2D eigenvalue weighted by Gasteiger charge is 2.26. The van der Waals surface area contributed by atoms with Gasteiger partial charge in [0.05, 0.1) is 17.5 Å². The molecule has 0 bridgehead atoms. The molecule has 146 valence electrons. The lowest BCUT2D eigenvalue weighted by Gasteiger charge is -2.25. The number of fused-ring (bicyclic) bond motifs is 1. The van der Waals surface area contributed by atoms with Crippen LogP contribution in [0.3, 0.4) is 0 Å². The molecule has 1 aromatic heterocycles. The van der Waals surface area contributed by atoms with Crippen molar-refractivity contribution in [1.29, 1.82) is 0 Å². The number of aromatic nitrogens is 1. The minimum atomic E-state index is -3.44. The maximum Gasteiger partial charge on any atom is 0.243 e. The summed E-state index contributed by atoms with van der Waals surface area (Å²) >= 11 is 0. The fourth-order valence-corrected chi connectivity index (χ4v) is 4.99. The Morgan fingerprint density at radius 1 is 1.00 bits per heavy atom. The molecule has 1 saturated heterocycles. The number of hydrogen-bond acceptors (Lipinski definition) is 5. The fourth-order valence-electron chi connectivity index (χ4n) is 3.44. The normalized spacial score (nSPS) is 15.5. The van der Waals surface area contributed by atoms with E-state index in [0.717, 1.165) is 41.6 Å². The van der Waals surface area contributed by atoms with Crippen LogP contribution in [0.4, 0.5) is 11.5 Å². The molecule has 0 radical (unpaired) electrons. The van der Waals surface area contributed by atoms with Gasteiger partial charge in [-0.3, -0.25) is 0 Å². The Morgan fingerprint density at radius 3 is 2.61 bits per heavy atom. The second-order valence-corrected chi connectivity index (χ2v) is 8.81. The van der Waals surface area contributed by atoms with E-state index in [1.807, 2.05) is 36.4 Å². The molecule has 28 heavy (non-hydrogen) atoms. The summed E-state index contributed by atoms with van der Waals surface area (Å²) in [5, 5.41) is 4.05. The van der Waals surface area contributed by atoms with Crippen molar-refractivity contribution < 1.29 is 13.2 Å². The van der Waals surface area contributed by atoms with Crippen LogP contribution in [0.1, 0.15) is 19.3 Å². The van der Waals surface area contributed by atoms with Crippen LogP contribution in [0.25, 0.3) is 10.9 Å². The number of sulfonamides is 1. The van der Waals surface area contributed by atoms with Gasteiger partial charge in [-0.2, -0.15) is 4.31 Å². The molecule has 2 heterocycles. The smallest absolute Gasteiger partial charge is 0.243 e. The standard InChI is InChI=1S/C21H23N3O3S/c1-27-18-7-5-6-17(15-18)22-21-11-8-16-14-19(9-10-20(16)23-21)28(25,26)24-12-3-2-4-13-24/h5-11,14-15H,2-4,12-13H2,1H3,(H,22,23). The molecular formula is C21H23N3O3S. The molecule has 7 heteroatoms. The predicted molar refractivity (Wildman–Crippen MR) is 111 cm³/mol. The van der Waals surface area contributed by atoms with E-state index in [-0.39, 0.29) is 0 Å². The Balaban J connectivity index is 1.60. The van der Waals surface area contributed by atoms with Crippen LogP contribution in [0.15, 0.2) is 59.5 Å². The Bertz CT molecular complexity index is 1090. The number of nitrogens with zero attached hydrogens (tertiary/aromatic N) is 2. The Kier molecular flexibility index (Phi) is 5.19.